The Hall–Kier alpha value is -2.17. The molecule has 5 heteroatoms. The van der Waals surface area contributed by atoms with Crippen LogP contribution in [0.5, 0.6) is 0 Å². The van der Waals surface area contributed by atoms with E-state index in [2.05, 4.69) is 0 Å². The van der Waals surface area contributed by atoms with Crippen molar-refractivity contribution in [1.29, 1.82) is 0 Å². The second kappa shape index (κ2) is 5.80. The van der Waals surface area contributed by atoms with E-state index in [1.807, 2.05) is 0 Å². The number of benzene rings is 2. The molecule has 0 amide bonds. The number of rotatable bonds is 2. The third kappa shape index (κ3) is 3.28. The van der Waals surface area contributed by atoms with E-state index in [0.29, 0.717) is 33.6 Å². The predicted octanol–water partition coefficient (Wildman–Crippen LogP) is 4.78. The van der Waals surface area contributed by atoms with Crippen LogP contribution in [0.25, 0.3) is 0 Å². The van der Waals surface area contributed by atoms with E-state index in [-0.39, 0.29) is 11.1 Å². The van der Waals surface area contributed by atoms with Crippen molar-refractivity contribution in [3.8, 4) is 0 Å². The fourth-order valence-corrected chi connectivity index (χ4v) is 2.92. The molecule has 0 aliphatic rings. The van der Waals surface area contributed by atoms with Gasteiger partial charge in [-0.05, 0) is 61.1 Å². The van der Waals surface area contributed by atoms with Crippen LogP contribution in [-0.2, 0) is 0 Å². The molecule has 2 aromatic rings. The topological polar surface area (TPSA) is 52.0 Å². The Balaban J connectivity index is 2.69. The Morgan fingerprint density at radius 2 is 0.957 bits per heavy atom. The molecule has 4 N–H and O–H groups in total. The molecule has 0 radical (unpaired) electrons. The molecule has 0 bridgehead atoms. The van der Waals surface area contributed by atoms with E-state index in [9.17, 15) is 13.2 Å². The molecule has 2 aromatic carbocycles. The van der Waals surface area contributed by atoms with Crippen LogP contribution in [0.1, 0.15) is 39.3 Å². The maximum Gasteiger partial charge on any atom is 0.399 e. The average Bonchev–Trinajstić information content (AvgIpc) is 2.40. The molecule has 0 unspecified atom stereocenters. The summed E-state index contributed by atoms with van der Waals surface area (Å²) >= 11 is 0. The van der Waals surface area contributed by atoms with E-state index in [0.717, 1.165) is 0 Å². The summed E-state index contributed by atoms with van der Waals surface area (Å²) in [5.74, 6) is -1.70. The zero-order valence-corrected chi connectivity index (χ0v) is 13.7. The second-order valence-corrected chi connectivity index (χ2v) is 6.11. The molecular formula is C18H21F3N2. The van der Waals surface area contributed by atoms with Gasteiger partial charge in [-0.2, -0.15) is 13.2 Å². The van der Waals surface area contributed by atoms with Gasteiger partial charge < -0.3 is 11.5 Å². The molecule has 0 saturated heterocycles. The van der Waals surface area contributed by atoms with Gasteiger partial charge in [0.1, 0.15) is 5.92 Å². The Kier molecular flexibility index (Phi) is 4.33. The van der Waals surface area contributed by atoms with Gasteiger partial charge in [0.25, 0.3) is 0 Å². The maximum absolute atomic E-state index is 13.8. The summed E-state index contributed by atoms with van der Waals surface area (Å²) < 4.78 is 41.3. The highest BCUT2D eigenvalue weighted by Crippen LogP contribution is 2.42. The molecule has 0 atom stereocenters. The summed E-state index contributed by atoms with van der Waals surface area (Å²) in [4.78, 5) is 0. The van der Waals surface area contributed by atoms with Gasteiger partial charge in [-0.15, -0.1) is 0 Å². The average molecular weight is 322 g/mol. The molecule has 23 heavy (non-hydrogen) atoms. The van der Waals surface area contributed by atoms with Crippen LogP contribution in [0.3, 0.4) is 0 Å². The Labute approximate surface area is 134 Å². The van der Waals surface area contributed by atoms with E-state index >= 15 is 0 Å². The molecule has 0 fully saturated rings. The first kappa shape index (κ1) is 17.2. The molecule has 0 aliphatic heterocycles. The van der Waals surface area contributed by atoms with Crippen LogP contribution < -0.4 is 11.5 Å². The Bertz CT molecular complexity index is 645. The standard InChI is InChI=1S/C18H21F3N2/c1-9-5-13(6-10(2)16(9)22)15(18(19,20)21)14-7-11(3)17(23)12(4)8-14/h5-8,15H,22-23H2,1-4H3. The summed E-state index contributed by atoms with van der Waals surface area (Å²) in [6.07, 6.45) is -4.40. The smallest absolute Gasteiger partial charge is 0.398 e. The van der Waals surface area contributed by atoms with Crippen molar-refractivity contribution in [2.45, 2.75) is 39.8 Å². The molecule has 124 valence electrons. The third-order valence-electron chi connectivity index (χ3n) is 4.23. The van der Waals surface area contributed by atoms with Gasteiger partial charge in [-0.25, -0.2) is 0 Å². The number of alkyl halides is 3. The van der Waals surface area contributed by atoms with E-state index in [1.165, 1.54) is 24.3 Å². The number of hydrogen-bond donors (Lipinski definition) is 2. The van der Waals surface area contributed by atoms with Crippen LogP contribution in [-0.4, -0.2) is 6.18 Å². The molecule has 0 saturated carbocycles. The quantitative estimate of drug-likeness (QED) is 0.782. The molecular weight excluding hydrogens is 301 g/mol. The Morgan fingerprint density at radius 1 is 0.696 bits per heavy atom. The van der Waals surface area contributed by atoms with Crippen LogP contribution in [0.4, 0.5) is 24.5 Å². The minimum absolute atomic E-state index is 0.199. The van der Waals surface area contributed by atoms with Crippen molar-refractivity contribution >= 4 is 11.4 Å². The zero-order valence-electron chi connectivity index (χ0n) is 13.7. The van der Waals surface area contributed by atoms with Crippen molar-refractivity contribution in [2.24, 2.45) is 0 Å². The normalized spacial score (nSPS) is 12.0. The summed E-state index contributed by atoms with van der Waals surface area (Å²) in [6.45, 7) is 6.88. The summed E-state index contributed by atoms with van der Waals surface area (Å²) in [7, 11) is 0. The summed E-state index contributed by atoms with van der Waals surface area (Å²) in [5, 5.41) is 0. The monoisotopic (exact) mass is 322 g/mol. The summed E-state index contributed by atoms with van der Waals surface area (Å²) in [5.41, 5.74) is 15.8. The van der Waals surface area contributed by atoms with Gasteiger partial charge in [0.05, 0.1) is 0 Å². The van der Waals surface area contributed by atoms with Crippen molar-refractivity contribution in [3.05, 3.63) is 57.6 Å². The Morgan fingerprint density at radius 3 is 1.17 bits per heavy atom. The van der Waals surface area contributed by atoms with Gasteiger partial charge in [0, 0.05) is 11.4 Å². The highest BCUT2D eigenvalue weighted by atomic mass is 19.4. The number of anilines is 2. The highest BCUT2D eigenvalue weighted by molar-refractivity contribution is 5.58. The maximum atomic E-state index is 13.8. The first-order valence-corrected chi connectivity index (χ1v) is 7.32. The van der Waals surface area contributed by atoms with Gasteiger partial charge in [-0.1, -0.05) is 24.3 Å². The SMILES string of the molecule is Cc1cc(C(c2cc(C)c(N)c(C)c2)C(F)(F)F)cc(C)c1N. The first-order valence-electron chi connectivity index (χ1n) is 7.32. The van der Waals surface area contributed by atoms with Crippen molar-refractivity contribution in [3.63, 3.8) is 0 Å². The van der Waals surface area contributed by atoms with Gasteiger partial charge in [0.15, 0.2) is 0 Å². The minimum Gasteiger partial charge on any atom is -0.398 e. The predicted molar refractivity (Wildman–Crippen MR) is 88.6 cm³/mol. The van der Waals surface area contributed by atoms with Crippen LogP contribution in [0.15, 0.2) is 24.3 Å². The molecule has 0 spiro atoms. The number of hydrogen-bond acceptors (Lipinski definition) is 2. The molecule has 0 heterocycles. The van der Waals surface area contributed by atoms with Gasteiger partial charge >= 0.3 is 6.18 Å². The molecule has 0 aliphatic carbocycles. The number of aryl methyl sites for hydroxylation is 4. The lowest BCUT2D eigenvalue weighted by Gasteiger charge is -2.24. The first-order chi connectivity index (χ1) is 10.5. The van der Waals surface area contributed by atoms with Crippen LogP contribution in [0, 0.1) is 27.7 Å². The van der Waals surface area contributed by atoms with Gasteiger partial charge in [-0.3, -0.25) is 0 Å². The largest absolute Gasteiger partial charge is 0.399 e. The van der Waals surface area contributed by atoms with Crippen molar-refractivity contribution in [2.75, 3.05) is 11.5 Å². The summed E-state index contributed by atoms with van der Waals surface area (Å²) in [6, 6.07) is 6.06. The van der Waals surface area contributed by atoms with Gasteiger partial charge in [0.2, 0.25) is 0 Å². The second-order valence-electron chi connectivity index (χ2n) is 6.11. The lowest BCUT2D eigenvalue weighted by molar-refractivity contribution is -0.141. The van der Waals surface area contributed by atoms with Crippen molar-refractivity contribution < 1.29 is 13.2 Å². The zero-order chi connectivity index (χ0) is 17.5. The molecule has 2 rings (SSSR count). The van der Waals surface area contributed by atoms with E-state index in [1.54, 1.807) is 27.7 Å². The van der Waals surface area contributed by atoms with Crippen LogP contribution in [0.2, 0.25) is 0 Å². The fraction of sp³-hybridized carbons (Fsp3) is 0.333. The number of nitrogen functional groups attached to an aromatic ring is 2. The third-order valence-corrected chi connectivity index (χ3v) is 4.23. The van der Waals surface area contributed by atoms with E-state index in [4.69, 9.17) is 11.5 Å². The van der Waals surface area contributed by atoms with E-state index < -0.39 is 12.1 Å². The van der Waals surface area contributed by atoms with Crippen LogP contribution >= 0.6 is 0 Å². The van der Waals surface area contributed by atoms with Crippen molar-refractivity contribution in [1.82, 2.24) is 0 Å². The number of nitrogens with two attached hydrogens (primary N) is 2. The lowest BCUT2D eigenvalue weighted by Crippen LogP contribution is -2.23. The highest BCUT2D eigenvalue weighted by Gasteiger charge is 2.42. The molecule has 0 aromatic heterocycles. The lowest BCUT2D eigenvalue weighted by atomic mass is 9.86. The fourth-order valence-electron chi connectivity index (χ4n) is 2.92. The number of halogens is 3. The molecule has 2 nitrogen and oxygen atoms in total. The minimum atomic E-state index is -4.40.